The average Bonchev–Trinajstić information content (AvgIpc) is 3.55. The van der Waals surface area contributed by atoms with Crippen LogP contribution in [0, 0.1) is 23.7 Å². The third-order valence-electron chi connectivity index (χ3n) is 6.58. The molecule has 2 bridgehead atoms. The molecule has 0 radical (unpaired) electrons. The van der Waals surface area contributed by atoms with E-state index in [2.05, 4.69) is 10.9 Å². The van der Waals surface area contributed by atoms with Crippen molar-refractivity contribution in [1.82, 2.24) is 10.9 Å². The van der Waals surface area contributed by atoms with Gasteiger partial charge in [-0.3, -0.25) is 30.0 Å². The largest absolute Gasteiger partial charge is 0.452 e. The molecule has 178 valence electrons. The van der Waals surface area contributed by atoms with Crippen LogP contribution in [-0.4, -0.2) is 36.2 Å². The predicted octanol–water partition coefficient (Wildman–Crippen LogP) is 2.27. The fraction of sp³-hybridized carbons (Fsp3) is 0.240. The van der Waals surface area contributed by atoms with Gasteiger partial charge in [0.15, 0.2) is 6.61 Å². The van der Waals surface area contributed by atoms with Gasteiger partial charge in [0.2, 0.25) is 11.8 Å². The molecule has 9 nitrogen and oxygen atoms in total. The molecule has 4 amide bonds. The molecule has 4 atom stereocenters. The number of nitrogens with zero attached hydrogens (tertiary/aromatic N) is 1. The quantitative estimate of drug-likeness (QED) is 0.285. The van der Waals surface area contributed by atoms with Crippen LogP contribution in [-0.2, 0) is 19.1 Å². The van der Waals surface area contributed by atoms with Crippen molar-refractivity contribution in [2.45, 2.75) is 6.42 Å². The molecule has 0 aromatic heterocycles. The molecule has 1 saturated heterocycles. The summed E-state index contributed by atoms with van der Waals surface area (Å²) in [5.41, 5.74) is 4.87. The number of allylic oxidation sites excluding steroid dienone is 2. The summed E-state index contributed by atoms with van der Waals surface area (Å²) in [6.45, 7) is -0.660. The molecule has 2 aromatic rings. The van der Waals surface area contributed by atoms with E-state index in [0.29, 0.717) is 5.69 Å². The highest BCUT2D eigenvalue weighted by atomic mass is 35.5. The Balaban J connectivity index is 1.18. The lowest BCUT2D eigenvalue weighted by atomic mass is 9.85. The summed E-state index contributed by atoms with van der Waals surface area (Å²) >= 11 is 5.94. The SMILES string of the molecule is O=C(COC(=O)c1cccc(N2C(=O)[C@@H]3[C@@H](C2=O)[C@H]2C=C[C@H]3C2)c1)NNC(=O)c1ccccc1Cl. The lowest BCUT2D eigenvalue weighted by molar-refractivity contribution is -0.125. The van der Waals surface area contributed by atoms with Gasteiger partial charge in [-0.05, 0) is 48.6 Å². The van der Waals surface area contributed by atoms with Gasteiger partial charge < -0.3 is 4.74 Å². The van der Waals surface area contributed by atoms with Gasteiger partial charge in [0, 0.05) is 0 Å². The molecule has 2 N–H and O–H groups in total. The molecule has 1 saturated carbocycles. The summed E-state index contributed by atoms with van der Waals surface area (Å²) in [5, 5.41) is 0.216. The Bertz CT molecular complexity index is 1260. The maximum atomic E-state index is 13.0. The van der Waals surface area contributed by atoms with Gasteiger partial charge >= 0.3 is 5.97 Å². The van der Waals surface area contributed by atoms with Crippen molar-refractivity contribution in [2.75, 3.05) is 11.5 Å². The molecule has 2 fully saturated rings. The van der Waals surface area contributed by atoms with Crippen LogP contribution in [0.4, 0.5) is 5.69 Å². The molecule has 5 rings (SSSR count). The zero-order valence-electron chi connectivity index (χ0n) is 18.3. The first-order valence-electron chi connectivity index (χ1n) is 11.0. The minimum absolute atomic E-state index is 0.0779. The van der Waals surface area contributed by atoms with Crippen LogP contribution in [0.3, 0.4) is 0 Å². The average molecular weight is 494 g/mol. The van der Waals surface area contributed by atoms with E-state index in [1.54, 1.807) is 18.2 Å². The maximum Gasteiger partial charge on any atom is 0.338 e. The van der Waals surface area contributed by atoms with Crippen molar-refractivity contribution in [3.8, 4) is 0 Å². The second-order valence-corrected chi connectivity index (χ2v) is 9.03. The second-order valence-electron chi connectivity index (χ2n) is 8.62. The molecule has 0 spiro atoms. The Morgan fingerprint density at radius 2 is 1.63 bits per heavy atom. The summed E-state index contributed by atoms with van der Waals surface area (Å²) in [5.74, 6) is -3.26. The van der Waals surface area contributed by atoms with Crippen molar-refractivity contribution in [3.05, 3.63) is 76.8 Å². The van der Waals surface area contributed by atoms with Gasteiger partial charge in [-0.2, -0.15) is 0 Å². The van der Waals surface area contributed by atoms with Crippen LogP contribution in [0.5, 0.6) is 0 Å². The van der Waals surface area contributed by atoms with E-state index in [1.165, 1.54) is 30.3 Å². The number of hydrazine groups is 1. The number of amides is 4. The highest BCUT2D eigenvalue weighted by Crippen LogP contribution is 2.53. The highest BCUT2D eigenvalue weighted by Gasteiger charge is 2.59. The van der Waals surface area contributed by atoms with Crippen molar-refractivity contribution in [2.24, 2.45) is 23.7 Å². The fourth-order valence-electron chi connectivity index (χ4n) is 5.02. The Morgan fingerprint density at radius 3 is 2.31 bits per heavy atom. The van der Waals surface area contributed by atoms with Crippen molar-refractivity contribution in [1.29, 1.82) is 0 Å². The topological polar surface area (TPSA) is 122 Å². The lowest BCUT2D eigenvalue weighted by Gasteiger charge is -2.18. The summed E-state index contributed by atoms with van der Waals surface area (Å²) in [7, 11) is 0. The van der Waals surface area contributed by atoms with Gasteiger partial charge in [0.1, 0.15) is 0 Å². The number of carbonyl (C=O) groups is 5. The van der Waals surface area contributed by atoms with Crippen molar-refractivity contribution < 1.29 is 28.7 Å². The van der Waals surface area contributed by atoms with E-state index in [1.807, 2.05) is 12.2 Å². The van der Waals surface area contributed by atoms with Crippen molar-refractivity contribution in [3.63, 3.8) is 0 Å². The van der Waals surface area contributed by atoms with Crippen LogP contribution >= 0.6 is 11.6 Å². The van der Waals surface area contributed by atoms with Gasteiger partial charge in [-0.25, -0.2) is 9.69 Å². The van der Waals surface area contributed by atoms with E-state index in [0.717, 1.165) is 11.3 Å². The summed E-state index contributed by atoms with van der Waals surface area (Å²) in [6, 6.07) is 12.3. The first kappa shape index (κ1) is 22.8. The number of carbonyl (C=O) groups excluding carboxylic acids is 5. The number of fused-ring (bicyclic) bond motifs is 5. The number of rotatable bonds is 5. The van der Waals surface area contributed by atoms with E-state index in [9.17, 15) is 24.0 Å². The van der Waals surface area contributed by atoms with Crippen molar-refractivity contribution >= 4 is 46.9 Å². The summed E-state index contributed by atoms with van der Waals surface area (Å²) < 4.78 is 5.01. The number of hydrogen-bond donors (Lipinski definition) is 2. The Kier molecular flexibility index (Phi) is 5.86. The number of nitrogens with one attached hydrogen (secondary N) is 2. The van der Waals surface area contributed by atoms with E-state index in [4.69, 9.17) is 16.3 Å². The maximum absolute atomic E-state index is 13.0. The van der Waals surface area contributed by atoms with Crippen LogP contribution in [0.1, 0.15) is 27.1 Å². The monoisotopic (exact) mass is 493 g/mol. The number of hydrogen-bond acceptors (Lipinski definition) is 6. The number of halogens is 1. The molecule has 0 unspecified atom stereocenters. The zero-order chi connectivity index (χ0) is 24.7. The molecular weight excluding hydrogens is 474 g/mol. The molecule has 35 heavy (non-hydrogen) atoms. The molecule has 2 aromatic carbocycles. The molecule has 1 heterocycles. The number of benzene rings is 2. The van der Waals surface area contributed by atoms with Crippen LogP contribution < -0.4 is 15.8 Å². The fourth-order valence-corrected chi connectivity index (χ4v) is 5.24. The second kappa shape index (κ2) is 8.99. The first-order chi connectivity index (χ1) is 16.8. The summed E-state index contributed by atoms with van der Waals surface area (Å²) in [6.07, 6.45) is 4.85. The number of esters is 1. The molecule has 2 aliphatic carbocycles. The third kappa shape index (κ3) is 4.08. The molecule has 1 aliphatic heterocycles. The number of imide groups is 1. The minimum Gasteiger partial charge on any atom is -0.452 e. The van der Waals surface area contributed by atoms with E-state index >= 15 is 0 Å². The standard InChI is InChI=1S/C25H20ClN3O6/c26-18-7-2-1-6-17(18)22(31)28-27-19(30)12-35-25(34)15-4-3-5-16(11-15)29-23(32)20-13-8-9-14(10-13)21(20)24(29)33/h1-9,11,13-14,20-21H,10,12H2,(H,27,30)(H,28,31)/t13-,14-,20-,21-/m0/s1. The van der Waals surface area contributed by atoms with Gasteiger partial charge in [0.25, 0.3) is 11.8 Å². The van der Waals surface area contributed by atoms with Crippen LogP contribution in [0.15, 0.2) is 60.7 Å². The summed E-state index contributed by atoms with van der Waals surface area (Å²) in [4.78, 5) is 63.7. The van der Waals surface area contributed by atoms with E-state index < -0.39 is 24.4 Å². The highest BCUT2D eigenvalue weighted by molar-refractivity contribution is 6.33. The van der Waals surface area contributed by atoms with Gasteiger partial charge in [0.05, 0.1) is 33.7 Å². The third-order valence-corrected chi connectivity index (χ3v) is 6.91. The van der Waals surface area contributed by atoms with Crippen LogP contribution in [0.25, 0.3) is 0 Å². The van der Waals surface area contributed by atoms with Gasteiger partial charge in [-0.1, -0.05) is 42.0 Å². The number of ether oxygens (including phenoxy) is 1. The first-order valence-corrected chi connectivity index (χ1v) is 11.4. The van der Waals surface area contributed by atoms with E-state index in [-0.39, 0.29) is 51.6 Å². The van der Waals surface area contributed by atoms with Gasteiger partial charge in [-0.15, -0.1) is 0 Å². The Labute approximate surface area is 205 Å². The zero-order valence-corrected chi connectivity index (χ0v) is 19.0. The molecule has 3 aliphatic rings. The lowest BCUT2D eigenvalue weighted by Crippen LogP contribution is -2.43. The number of anilines is 1. The van der Waals surface area contributed by atoms with Crippen LogP contribution in [0.2, 0.25) is 5.02 Å². The Hall–Kier alpha value is -3.98. The minimum atomic E-state index is -0.819. The smallest absolute Gasteiger partial charge is 0.338 e. The molecule has 10 heteroatoms. The predicted molar refractivity (Wildman–Crippen MR) is 124 cm³/mol. The Morgan fingerprint density at radius 1 is 0.943 bits per heavy atom. The molecular formula is C25H20ClN3O6. The normalized spacial score (nSPS) is 23.9.